The summed E-state index contributed by atoms with van der Waals surface area (Å²) in [5, 5.41) is 31.2. The van der Waals surface area contributed by atoms with Gasteiger partial charge in [-0.15, -0.1) is 0 Å². The fourth-order valence-corrected chi connectivity index (χ4v) is 6.75. The molecule has 69 heavy (non-hydrogen) atoms. The number of unbranched alkanes of at least 4 members (excludes halogenated alkanes) is 8. The number of ether oxygens (including phenoxy) is 5. The summed E-state index contributed by atoms with van der Waals surface area (Å²) in [6.45, 7) is 5.51. The number of rotatable bonds is 40. The number of carboxylic acids is 1. The minimum Gasteiger partial charge on any atom is -0.479 e. The smallest absolute Gasteiger partial charge is 0.335 e. The summed E-state index contributed by atoms with van der Waals surface area (Å²) in [7, 11) is 0. The van der Waals surface area contributed by atoms with Crippen LogP contribution in [-0.4, -0.2) is 89.2 Å². The first-order chi connectivity index (χ1) is 33.6. The van der Waals surface area contributed by atoms with E-state index in [0.29, 0.717) is 19.3 Å². The molecule has 1 saturated heterocycles. The van der Waals surface area contributed by atoms with Crippen molar-refractivity contribution >= 4 is 23.9 Å². The normalized spacial score (nSPS) is 19.7. The molecule has 1 aliphatic rings. The second-order valence-electron chi connectivity index (χ2n) is 16.7. The molecule has 0 radical (unpaired) electrons. The molecule has 1 rings (SSSR count). The number of carboxylic acid groups (broad SMARTS) is 1. The lowest BCUT2D eigenvalue weighted by Gasteiger charge is -2.40. The van der Waals surface area contributed by atoms with Gasteiger partial charge in [0, 0.05) is 6.42 Å². The number of allylic oxidation sites excluding steroid dienone is 18. The van der Waals surface area contributed by atoms with Gasteiger partial charge in [-0.3, -0.25) is 14.4 Å². The first-order valence-corrected chi connectivity index (χ1v) is 25.5. The van der Waals surface area contributed by atoms with Crippen LogP contribution in [-0.2, 0) is 42.9 Å². The third kappa shape index (κ3) is 35.0. The average Bonchev–Trinajstić information content (AvgIpc) is 3.33. The van der Waals surface area contributed by atoms with Crippen LogP contribution < -0.4 is 0 Å². The van der Waals surface area contributed by atoms with Gasteiger partial charge in [0.2, 0.25) is 0 Å². The van der Waals surface area contributed by atoms with Crippen LogP contribution in [0.25, 0.3) is 0 Å². The molecule has 6 atom stereocenters. The highest BCUT2D eigenvalue weighted by atomic mass is 16.7. The summed E-state index contributed by atoms with van der Waals surface area (Å²) in [5.41, 5.74) is 0. The Bertz CT molecular complexity index is 1660. The van der Waals surface area contributed by atoms with E-state index >= 15 is 0 Å². The highest BCUT2D eigenvalue weighted by molar-refractivity contribution is 5.74. The van der Waals surface area contributed by atoms with Gasteiger partial charge in [-0.05, 0) is 70.6 Å². The predicted molar refractivity (Wildman–Crippen MR) is 275 cm³/mol. The molecule has 0 spiro atoms. The van der Waals surface area contributed by atoms with E-state index in [0.717, 1.165) is 77.0 Å². The fraction of sp³-hybridized carbons (Fsp3) is 0.579. The van der Waals surface area contributed by atoms with Gasteiger partial charge in [0.1, 0.15) is 18.8 Å². The van der Waals surface area contributed by atoms with Crippen LogP contribution in [0.5, 0.6) is 0 Å². The minimum absolute atomic E-state index is 0.0358. The lowest BCUT2D eigenvalue weighted by atomic mass is 9.98. The lowest BCUT2D eigenvalue weighted by Crippen LogP contribution is -2.61. The Kier molecular flexibility index (Phi) is 39.9. The van der Waals surface area contributed by atoms with E-state index in [1.165, 1.54) is 25.7 Å². The van der Waals surface area contributed by atoms with E-state index in [1.807, 2.05) is 36.5 Å². The van der Waals surface area contributed by atoms with Crippen molar-refractivity contribution in [2.75, 3.05) is 13.2 Å². The van der Waals surface area contributed by atoms with Gasteiger partial charge in [-0.25, -0.2) is 4.79 Å². The first kappa shape index (κ1) is 62.1. The topological polar surface area (TPSA) is 175 Å². The molecule has 6 unspecified atom stereocenters. The van der Waals surface area contributed by atoms with Crippen molar-refractivity contribution in [3.05, 3.63) is 122 Å². The minimum atomic E-state index is -1.93. The highest BCUT2D eigenvalue weighted by Gasteiger charge is 2.50. The third-order valence-corrected chi connectivity index (χ3v) is 10.6. The summed E-state index contributed by atoms with van der Waals surface area (Å²) in [5.74, 6) is -3.48. The molecule has 0 aromatic heterocycles. The molecular formula is C57H86O12. The zero-order chi connectivity index (χ0) is 50.4. The highest BCUT2D eigenvalue weighted by Crippen LogP contribution is 2.26. The van der Waals surface area contributed by atoms with Crippen LogP contribution in [0.3, 0.4) is 0 Å². The summed E-state index contributed by atoms with van der Waals surface area (Å²) >= 11 is 0. The maximum absolute atomic E-state index is 13.0. The Hall–Kier alpha value is -4.88. The molecular weight excluding hydrogens is 877 g/mol. The van der Waals surface area contributed by atoms with Crippen molar-refractivity contribution in [3.8, 4) is 0 Å². The van der Waals surface area contributed by atoms with Crippen LogP contribution in [0.1, 0.15) is 162 Å². The van der Waals surface area contributed by atoms with Gasteiger partial charge in [0.05, 0.1) is 19.4 Å². The molecule has 386 valence electrons. The van der Waals surface area contributed by atoms with Crippen LogP contribution in [0.15, 0.2) is 122 Å². The maximum atomic E-state index is 13.0. The van der Waals surface area contributed by atoms with Crippen molar-refractivity contribution in [1.82, 2.24) is 0 Å². The summed E-state index contributed by atoms with van der Waals surface area (Å²) in [4.78, 5) is 50.6. The van der Waals surface area contributed by atoms with Gasteiger partial charge < -0.3 is 39.0 Å². The molecule has 0 amide bonds. The molecule has 1 fully saturated rings. The second-order valence-corrected chi connectivity index (χ2v) is 16.7. The molecule has 0 aromatic rings. The number of aliphatic carboxylic acids is 1. The van der Waals surface area contributed by atoms with E-state index in [4.69, 9.17) is 23.7 Å². The molecule has 1 aliphatic heterocycles. The number of hydrogen-bond donors (Lipinski definition) is 3. The number of esters is 3. The fourth-order valence-electron chi connectivity index (χ4n) is 6.75. The molecule has 0 bridgehead atoms. The summed E-state index contributed by atoms with van der Waals surface area (Å²) < 4.78 is 28.0. The second kappa shape index (κ2) is 44.3. The molecule has 12 heteroatoms. The van der Waals surface area contributed by atoms with Gasteiger partial charge in [0.15, 0.2) is 24.6 Å². The number of hydrogen-bond acceptors (Lipinski definition) is 11. The Morgan fingerprint density at radius 3 is 1.33 bits per heavy atom. The molecule has 0 aromatic carbocycles. The Labute approximate surface area is 414 Å². The molecule has 0 saturated carbocycles. The van der Waals surface area contributed by atoms with Crippen LogP contribution in [0.4, 0.5) is 0 Å². The Balaban J connectivity index is 2.87. The Morgan fingerprint density at radius 2 is 0.899 bits per heavy atom. The maximum Gasteiger partial charge on any atom is 0.335 e. The molecule has 12 nitrogen and oxygen atoms in total. The quantitative estimate of drug-likeness (QED) is 0.0230. The van der Waals surface area contributed by atoms with Gasteiger partial charge in [0.25, 0.3) is 0 Å². The van der Waals surface area contributed by atoms with Gasteiger partial charge in [-0.1, -0.05) is 194 Å². The standard InChI is InChI=1S/C57H86O12/c1-4-7-10-13-16-19-21-23-25-27-29-32-34-37-40-43-49(58)65-46-48(67-50(59)44-41-38-36-33-30-28-26-24-22-20-17-14-11-8-5-2)47-66-57-55(53(62)52(61)54(69-57)56(63)64)68-51(60)45-42-39-35-31-18-15-12-9-6-3/h7-8,10-11,16-17,19-20,23-26,29-30,32-33,37-38,40-41,48,52-55,57,61-62H,4-6,9,12-15,18,21-22,27-28,31,34-36,39,42-47H2,1-3H3,(H,63,64)/b10-7-,11-8-,19-16-,20-17-,25-23-,26-24-,32-29-,33-30-,40-37-,41-38-. The molecule has 1 heterocycles. The largest absolute Gasteiger partial charge is 0.479 e. The van der Waals surface area contributed by atoms with Crippen molar-refractivity contribution in [2.45, 2.75) is 199 Å². The van der Waals surface area contributed by atoms with E-state index in [-0.39, 0.29) is 19.3 Å². The van der Waals surface area contributed by atoms with E-state index in [1.54, 1.807) is 12.2 Å². The van der Waals surface area contributed by atoms with Crippen LogP contribution in [0.2, 0.25) is 0 Å². The van der Waals surface area contributed by atoms with Crippen molar-refractivity contribution in [3.63, 3.8) is 0 Å². The average molecular weight is 963 g/mol. The number of carbonyl (C=O) groups excluding carboxylic acids is 3. The van der Waals surface area contributed by atoms with Crippen molar-refractivity contribution in [2.24, 2.45) is 0 Å². The van der Waals surface area contributed by atoms with E-state index in [2.05, 4.69) is 93.7 Å². The zero-order valence-corrected chi connectivity index (χ0v) is 42.0. The lowest BCUT2D eigenvalue weighted by molar-refractivity contribution is -0.301. The van der Waals surface area contributed by atoms with Crippen molar-refractivity contribution in [1.29, 1.82) is 0 Å². The number of carbonyl (C=O) groups is 4. The SMILES string of the molecule is CC/C=C\C/C=C\C/C=C\C/C=C\C/C=C\CC(=O)OCC(COC1OC(C(=O)O)C(O)C(O)C1OC(=O)CCCCCCCCCCC)OC(=O)C/C=C\C/C=C\C/C=C\C/C=C\C/C=C\CC. The van der Waals surface area contributed by atoms with Crippen LogP contribution in [0, 0.1) is 0 Å². The number of aliphatic hydroxyl groups excluding tert-OH is 2. The van der Waals surface area contributed by atoms with Gasteiger partial charge in [-0.2, -0.15) is 0 Å². The van der Waals surface area contributed by atoms with Crippen LogP contribution >= 0.6 is 0 Å². The van der Waals surface area contributed by atoms with E-state index < -0.39 is 73.9 Å². The number of aliphatic hydroxyl groups is 2. The van der Waals surface area contributed by atoms with E-state index in [9.17, 15) is 34.5 Å². The van der Waals surface area contributed by atoms with Crippen molar-refractivity contribution < 1.29 is 58.2 Å². The molecule has 0 aliphatic carbocycles. The summed E-state index contributed by atoms with van der Waals surface area (Å²) in [6, 6.07) is 0. The zero-order valence-electron chi connectivity index (χ0n) is 42.0. The third-order valence-electron chi connectivity index (χ3n) is 10.6. The monoisotopic (exact) mass is 963 g/mol. The summed E-state index contributed by atoms with van der Waals surface area (Å²) in [6.07, 6.45) is 48.3. The first-order valence-electron chi connectivity index (χ1n) is 25.5. The predicted octanol–water partition coefficient (Wildman–Crippen LogP) is 12.1. The van der Waals surface area contributed by atoms with Gasteiger partial charge >= 0.3 is 23.9 Å². The Morgan fingerprint density at radius 1 is 0.493 bits per heavy atom. The molecule has 3 N–H and O–H groups in total.